The van der Waals surface area contributed by atoms with E-state index in [0.29, 0.717) is 6.42 Å². The fourth-order valence-corrected chi connectivity index (χ4v) is 1.99. The summed E-state index contributed by atoms with van der Waals surface area (Å²) >= 11 is 0. The van der Waals surface area contributed by atoms with Gasteiger partial charge in [0.1, 0.15) is 6.07 Å². The molecule has 108 valence electrons. The molecule has 3 heteroatoms. The van der Waals surface area contributed by atoms with Crippen molar-refractivity contribution in [1.82, 2.24) is 0 Å². The van der Waals surface area contributed by atoms with E-state index < -0.39 is 6.10 Å². The highest BCUT2D eigenvalue weighted by Crippen LogP contribution is 2.12. The Kier molecular flexibility index (Phi) is 12.2. The van der Waals surface area contributed by atoms with Crippen LogP contribution < -0.4 is 0 Å². The van der Waals surface area contributed by atoms with Crippen LogP contribution in [0.2, 0.25) is 0 Å². The van der Waals surface area contributed by atoms with Gasteiger partial charge < -0.3 is 4.74 Å². The molecular formula is C16H27NO2. The van der Waals surface area contributed by atoms with Crippen molar-refractivity contribution < 1.29 is 9.53 Å². The van der Waals surface area contributed by atoms with Crippen molar-refractivity contribution in [3.05, 3.63) is 12.2 Å². The quantitative estimate of drug-likeness (QED) is 0.313. The Labute approximate surface area is 117 Å². The van der Waals surface area contributed by atoms with E-state index in [2.05, 4.69) is 19.1 Å². The average molecular weight is 265 g/mol. The molecule has 0 saturated carbocycles. The lowest BCUT2D eigenvalue weighted by Crippen LogP contribution is -2.13. The third-order valence-electron chi connectivity index (χ3n) is 3.03. The fourth-order valence-electron chi connectivity index (χ4n) is 1.99. The molecule has 0 rings (SSSR count). The molecule has 19 heavy (non-hydrogen) atoms. The molecule has 0 N–H and O–H groups in total. The molecule has 0 fully saturated rings. The van der Waals surface area contributed by atoms with Gasteiger partial charge in [0.25, 0.3) is 0 Å². The first kappa shape index (κ1) is 17.7. The van der Waals surface area contributed by atoms with Crippen LogP contribution in [0.25, 0.3) is 0 Å². The number of carbonyl (C=O) groups is 1. The topological polar surface area (TPSA) is 50.1 Å². The molecule has 3 nitrogen and oxygen atoms in total. The molecule has 1 atom stereocenters. The van der Waals surface area contributed by atoms with Crippen LogP contribution in [0, 0.1) is 11.3 Å². The summed E-state index contributed by atoms with van der Waals surface area (Å²) < 4.78 is 4.88. The Bertz CT molecular complexity index is 292. The highest BCUT2D eigenvalue weighted by Gasteiger charge is 2.09. The summed E-state index contributed by atoms with van der Waals surface area (Å²) in [6.07, 6.45) is 14.1. The highest BCUT2D eigenvalue weighted by atomic mass is 16.5. The van der Waals surface area contributed by atoms with Crippen molar-refractivity contribution in [2.75, 3.05) is 0 Å². The lowest BCUT2D eigenvalue weighted by Gasteiger charge is -2.08. The monoisotopic (exact) mass is 265 g/mol. The summed E-state index contributed by atoms with van der Waals surface area (Å²) in [6.45, 7) is 3.41. The Balaban J connectivity index is 3.30. The zero-order chi connectivity index (χ0) is 14.3. The van der Waals surface area contributed by atoms with Gasteiger partial charge in [0, 0.05) is 6.92 Å². The lowest BCUT2D eigenvalue weighted by atomic mass is 10.1. The second-order valence-electron chi connectivity index (χ2n) is 4.85. The third kappa shape index (κ3) is 12.9. The molecule has 0 aliphatic carbocycles. The molecule has 0 amide bonds. The molecule has 0 aromatic carbocycles. The van der Waals surface area contributed by atoms with Crippen LogP contribution in [0.3, 0.4) is 0 Å². The van der Waals surface area contributed by atoms with Gasteiger partial charge in [0.2, 0.25) is 0 Å². The summed E-state index contributed by atoms with van der Waals surface area (Å²) in [7, 11) is 0. The molecule has 0 aliphatic heterocycles. The van der Waals surface area contributed by atoms with Gasteiger partial charge in [0.05, 0.1) is 0 Å². The van der Waals surface area contributed by atoms with Crippen molar-refractivity contribution >= 4 is 5.97 Å². The molecule has 0 aromatic rings. The van der Waals surface area contributed by atoms with Gasteiger partial charge in [0.15, 0.2) is 6.10 Å². The van der Waals surface area contributed by atoms with Crippen LogP contribution in [0.15, 0.2) is 12.2 Å². The van der Waals surface area contributed by atoms with E-state index in [-0.39, 0.29) is 5.97 Å². The molecular weight excluding hydrogens is 238 g/mol. The van der Waals surface area contributed by atoms with Gasteiger partial charge in [-0.2, -0.15) is 5.26 Å². The number of hydrogen-bond acceptors (Lipinski definition) is 3. The second kappa shape index (κ2) is 13.1. The van der Waals surface area contributed by atoms with E-state index in [1.54, 1.807) is 0 Å². The Morgan fingerprint density at radius 3 is 2.26 bits per heavy atom. The van der Waals surface area contributed by atoms with Crippen molar-refractivity contribution in [3.8, 4) is 6.07 Å². The first-order valence-corrected chi connectivity index (χ1v) is 7.38. The number of carbonyl (C=O) groups excluding carboxylic acids is 1. The fraction of sp³-hybridized carbons (Fsp3) is 0.750. The SMILES string of the molecule is C/C=C\CCCCCCCCCC(C#N)OC(C)=O. The minimum atomic E-state index is -0.557. The number of nitrogens with zero attached hydrogens (tertiary/aromatic N) is 1. The van der Waals surface area contributed by atoms with Crippen molar-refractivity contribution in [2.45, 2.75) is 77.7 Å². The largest absolute Gasteiger partial charge is 0.447 e. The number of rotatable bonds is 11. The molecule has 0 bridgehead atoms. The number of ether oxygens (including phenoxy) is 1. The molecule has 0 heterocycles. The number of unbranched alkanes of at least 4 members (excludes halogenated alkanes) is 7. The Morgan fingerprint density at radius 2 is 1.74 bits per heavy atom. The molecule has 1 unspecified atom stereocenters. The van der Waals surface area contributed by atoms with E-state index >= 15 is 0 Å². The molecule has 0 aromatic heterocycles. The van der Waals surface area contributed by atoms with Gasteiger partial charge >= 0.3 is 5.97 Å². The van der Waals surface area contributed by atoms with Gasteiger partial charge in [-0.05, 0) is 32.6 Å². The molecule has 0 saturated heterocycles. The van der Waals surface area contributed by atoms with E-state index in [1.807, 2.05) is 6.07 Å². The smallest absolute Gasteiger partial charge is 0.303 e. The van der Waals surface area contributed by atoms with E-state index in [9.17, 15) is 4.79 Å². The zero-order valence-corrected chi connectivity index (χ0v) is 12.4. The predicted molar refractivity (Wildman–Crippen MR) is 77.5 cm³/mol. The number of nitriles is 1. The molecule has 0 spiro atoms. The van der Waals surface area contributed by atoms with E-state index in [0.717, 1.165) is 12.8 Å². The maximum atomic E-state index is 10.7. The minimum absolute atomic E-state index is 0.368. The summed E-state index contributed by atoms with van der Waals surface area (Å²) in [5.74, 6) is -0.368. The normalized spacial score (nSPS) is 12.3. The van der Waals surface area contributed by atoms with Crippen LogP contribution in [0.5, 0.6) is 0 Å². The van der Waals surface area contributed by atoms with Gasteiger partial charge in [-0.3, -0.25) is 4.79 Å². The summed E-state index contributed by atoms with van der Waals surface area (Å²) in [4.78, 5) is 10.7. The highest BCUT2D eigenvalue weighted by molar-refractivity contribution is 5.66. The summed E-state index contributed by atoms with van der Waals surface area (Å²) in [5.41, 5.74) is 0. The van der Waals surface area contributed by atoms with Gasteiger partial charge in [-0.1, -0.05) is 44.3 Å². The van der Waals surface area contributed by atoms with Gasteiger partial charge in [-0.25, -0.2) is 0 Å². The van der Waals surface area contributed by atoms with Crippen LogP contribution >= 0.6 is 0 Å². The lowest BCUT2D eigenvalue weighted by molar-refractivity contribution is -0.144. The zero-order valence-electron chi connectivity index (χ0n) is 12.4. The average Bonchev–Trinajstić information content (AvgIpc) is 2.39. The second-order valence-corrected chi connectivity index (χ2v) is 4.85. The van der Waals surface area contributed by atoms with E-state index in [1.165, 1.54) is 45.4 Å². The van der Waals surface area contributed by atoms with Crippen LogP contribution in [0.1, 0.15) is 71.6 Å². The predicted octanol–water partition coefficient (Wildman–Crippen LogP) is 4.53. The van der Waals surface area contributed by atoms with Crippen LogP contribution in [0.4, 0.5) is 0 Å². The minimum Gasteiger partial charge on any atom is -0.447 e. The van der Waals surface area contributed by atoms with Crippen LogP contribution in [-0.4, -0.2) is 12.1 Å². The third-order valence-corrected chi connectivity index (χ3v) is 3.03. The Morgan fingerprint density at radius 1 is 1.16 bits per heavy atom. The van der Waals surface area contributed by atoms with Crippen molar-refractivity contribution in [3.63, 3.8) is 0 Å². The van der Waals surface area contributed by atoms with Crippen molar-refractivity contribution in [1.29, 1.82) is 5.26 Å². The first-order valence-electron chi connectivity index (χ1n) is 7.38. The maximum Gasteiger partial charge on any atom is 0.303 e. The standard InChI is InChI=1S/C16H27NO2/c1-3-4-5-6-7-8-9-10-11-12-13-16(14-17)19-15(2)18/h3-4,16H,5-13H2,1-2H3/b4-3-. The van der Waals surface area contributed by atoms with E-state index in [4.69, 9.17) is 10.00 Å². The van der Waals surface area contributed by atoms with Gasteiger partial charge in [-0.15, -0.1) is 0 Å². The van der Waals surface area contributed by atoms with Crippen LogP contribution in [-0.2, 0) is 9.53 Å². The molecule has 0 aliphatic rings. The number of hydrogen-bond donors (Lipinski definition) is 0. The number of allylic oxidation sites excluding steroid dienone is 2. The maximum absolute atomic E-state index is 10.7. The molecule has 0 radical (unpaired) electrons. The van der Waals surface area contributed by atoms with Crippen molar-refractivity contribution in [2.24, 2.45) is 0 Å². The Hall–Kier alpha value is -1.30. The number of esters is 1. The summed E-state index contributed by atoms with van der Waals surface area (Å²) in [5, 5.41) is 8.79. The first-order chi connectivity index (χ1) is 9.20. The summed E-state index contributed by atoms with van der Waals surface area (Å²) in [6, 6.07) is 2.01.